The number of piperidine rings is 1. The van der Waals surface area contributed by atoms with E-state index in [4.69, 9.17) is 9.15 Å². The Bertz CT molecular complexity index is 601. The standard InChI is InChI=1S/C20H30N2O3/c1-14-11-17(25-15(14)2)13-21-8-5-19-18(21)3-4-20(23)22(19)12-16-6-9-24-10-7-16/h11,16,18-19H,3-10,12-13H2,1-2H3/t18-,19-/m1/s1. The Kier molecular flexibility index (Phi) is 4.87. The highest BCUT2D eigenvalue weighted by Crippen LogP contribution is 2.34. The highest BCUT2D eigenvalue weighted by Gasteiger charge is 2.43. The summed E-state index contributed by atoms with van der Waals surface area (Å²) in [5, 5.41) is 0. The molecule has 1 aromatic heterocycles. The number of carbonyl (C=O) groups excluding carboxylic acids is 1. The van der Waals surface area contributed by atoms with Crippen molar-refractivity contribution in [2.75, 3.05) is 26.3 Å². The summed E-state index contributed by atoms with van der Waals surface area (Å²) in [6, 6.07) is 3.04. The third-order valence-corrected chi connectivity index (χ3v) is 6.37. The lowest BCUT2D eigenvalue weighted by Gasteiger charge is -2.41. The van der Waals surface area contributed by atoms with Gasteiger partial charge >= 0.3 is 0 Å². The lowest BCUT2D eigenvalue weighted by molar-refractivity contribution is -0.139. The van der Waals surface area contributed by atoms with Crippen molar-refractivity contribution in [3.63, 3.8) is 0 Å². The number of aryl methyl sites for hydroxylation is 2. The van der Waals surface area contributed by atoms with E-state index in [1.807, 2.05) is 6.92 Å². The van der Waals surface area contributed by atoms with Gasteiger partial charge in [0, 0.05) is 44.8 Å². The van der Waals surface area contributed by atoms with Crippen LogP contribution >= 0.6 is 0 Å². The van der Waals surface area contributed by atoms with Crippen LogP contribution < -0.4 is 0 Å². The SMILES string of the molecule is Cc1cc(CN2CC[C@@H]3[C@H]2CCC(=O)N3CC2CCOCC2)oc1C. The Labute approximate surface area is 150 Å². The van der Waals surface area contributed by atoms with Gasteiger partial charge in [0.2, 0.25) is 5.91 Å². The minimum atomic E-state index is 0.360. The van der Waals surface area contributed by atoms with Gasteiger partial charge in [-0.25, -0.2) is 0 Å². The van der Waals surface area contributed by atoms with E-state index >= 15 is 0 Å². The summed E-state index contributed by atoms with van der Waals surface area (Å²) < 4.78 is 11.4. The quantitative estimate of drug-likeness (QED) is 0.841. The van der Waals surface area contributed by atoms with E-state index in [9.17, 15) is 4.79 Å². The topological polar surface area (TPSA) is 45.9 Å². The van der Waals surface area contributed by atoms with Gasteiger partial charge in [-0.1, -0.05) is 0 Å². The number of likely N-dealkylation sites (tertiary alicyclic amines) is 2. The molecule has 25 heavy (non-hydrogen) atoms. The van der Waals surface area contributed by atoms with Gasteiger partial charge < -0.3 is 14.1 Å². The fraction of sp³-hybridized carbons (Fsp3) is 0.750. The lowest BCUT2D eigenvalue weighted by atomic mass is 9.92. The summed E-state index contributed by atoms with van der Waals surface area (Å²) >= 11 is 0. The number of amides is 1. The highest BCUT2D eigenvalue weighted by atomic mass is 16.5. The van der Waals surface area contributed by atoms with Crippen LogP contribution in [0.4, 0.5) is 0 Å². The maximum atomic E-state index is 12.6. The van der Waals surface area contributed by atoms with Gasteiger partial charge in [0.1, 0.15) is 11.5 Å². The van der Waals surface area contributed by atoms with Gasteiger partial charge in [0.05, 0.1) is 6.54 Å². The molecule has 5 nitrogen and oxygen atoms in total. The zero-order valence-corrected chi connectivity index (χ0v) is 15.5. The van der Waals surface area contributed by atoms with Crippen LogP contribution in [0.1, 0.15) is 49.2 Å². The molecule has 4 heterocycles. The van der Waals surface area contributed by atoms with Crippen LogP contribution in [0.25, 0.3) is 0 Å². The van der Waals surface area contributed by atoms with Crippen molar-refractivity contribution in [1.82, 2.24) is 9.80 Å². The minimum Gasteiger partial charge on any atom is -0.465 e. The molecule has 2 atom stereocenters. The summed E-state index contributed by atoms with van der Waals surface area (Å²) in [5.41, 5.74) is 1.23. The predicted octanol–water partition coefficient (Wildman–Crippen LogP) is 2.89. The molecule has 0 unspecified atom stereocenters. The maximum absolute atomic E-state index is 12.6. The zero-order chi connectivity index (χ0) is 17.4. The normalized spacial score (nSPS) is 28.6. The molecule has 5 heteroatoms. The van der Waals surface area contributed by atoms with Crippen LogP contribution in [0, 0.1) is 19.8 Å². The Hall–Kier alpha value is -1.33. The Morgan fingerprint density at radius 2 is 1.92 bits per heavy atom. The molecule has 0 saturated carbocycles. The molecule has 0 aromatic carbocycles. The molecule has 3 aliphatic rings. The molecule has 0 radical (unpaired) electrons. The van der Waals surface area contributed by atoms with Crippen LogP contribution in [-0.4, -0.2) is 54.1 Å². The van der Waals surface area contributed by atoms with Gasteiger partial charge in [-0.15, -0.1) is 0 Å². The third kappa shape index (κ3) is 3.49. The van der Waals surface area contributed by atoms with Gasteiger partial charge in [-0.05, 0) is 57.1 Å². The Morgan fingerprint density at radius 1 is 1.12 bits per heavy atom. The van der Waals surface area contributed by atoms with Crippen molar-refractivity contribution in [2.24, 2.45) is 5.92 Å². The Balaban J connectivity index is 1.43. The van der Waals surface area contributed by atoms with E-state index in [0.717, 1.165) is 70.1 Å². The van der Waals surface area contributed by atoms with Gasteiger partial charge in [0.25, 0.3) is 0 Å². The van der Waals surface area contributed by atoms with E-state index in [1.54, 1.807) is 0 Å². The number of fused-ring (bicyclic) bond motifs is 1. The highest BCUT2D eigenvalue weighted by molar-refractivity contribution is 5.77. The third-order valence-electron chi connectivity index (χ3n) is 6.37. The number of hydrogen-bond donors (Lipinski definition) is 0. The zero-order valence-electron chi connectivity index (χ0n) is 15.5. The predicted molar refractivity (Wildman–Crippen MR) is 95.3 cm³/mol. The van der Waals surface area contributed by atoms with Gasteiger partial charge in [-0.3, -0.25) is 9.69 Å². The summed E-state index contributed by atoms with van der Waals surface area (Å²) in [6.45, 7) is 8.69. The van der Waals surface area contributed by atoms with E-state index in [2.05, 4.69) is 22.8 Å². The monoisotopic (exact) mass is 346 g/mol. The van der Waals surface area contributed by atoms with Crippen molar-refractivity contribution in [3.8, 4) is 0 Å². The first kappa shape index (κ1) is 17.1. The van der Waals surface area contributed by atoms with Crippen molar-refractivity contribution < 1.29 is 13.9 Å². The molecule has 4 rings (SSSR count). The average molecular weight is 346 g/mol. The van der Waals surface area contributed by atoms with Crippen molar-refractivity contribution in [1.29, 1.82) is 0 Å². The fourth-order valence-corrected chi connectivity index (χ4v) is 4.81. The number of carbonyl (C=O) groups is 1. The first-order valence-corrected chi connectivity index (χ1v) is 9.79. The smallest absolute Gasteiger partial charge is 0.222 e. The van der Waals surface area contributed by atoms with E-state index in [1.165, 1.54) is 5.56 Å². The largest absolute Gasteiger partial charge is 0.465 e. The first-order valence-electron chi connectivity index (χ1n) is 9.79. The molecule has 0 N–H and O–H groups in total. The van der Waals surface area contributed by atoms with Crippen LogP contribution in [0.5, 0.6) is 0 Å². The molecule has 1 aromatic rings. The lowest BCUT2D eigenvalue weighted by Crippen LogP contribution is -2.53. The second-order valence-corrected chi connectivity index (χ2v) is 7.99. The van der Waals surface area contributed by atoms with Gasteiger partial charge in [0.15, 0.2) is 0 Å². The summed E-state index contributed by atoms with van der Waals surface area (Å²) in [7, 11) is 0. The number of ether oxygens (including phenoxy) is 1. The van der Waals surface area contributed by atoms with Crippen molar-refractivity contribution >= 4 is 5.91 Å². The number of hydrogen-bond acceptors (Lipinski definition) is 4. The number of rotatable bonds is 4. The number of furan rings is 1. The van der Waals surface area contributed by atoms with Crippen LogP contribution in [0.15, 0.2) is 10.5 Å². The fourth-order valence-electron chi connectivity index (χ4n) is 4.81. The second-order valence-electron chi connectivity index (χ2n) is 7.99. The number of nitrogens with zero attached hydrogens (tertiary/aromatic N) is 2. The van der Waals surface area contributed by atoms with E-state index < -0.39 is 0 Å². The van der Waals surface area contributed by atoms with E-state index in [0.29, 0.717) is 30.3 Å². The Morgan fingerprint density at radius 3 is 2.64 bits per heavy atom. The first-order chi connectivity index (χ1) is 12.1. The molecule has 0 bridgehead atoms. The summed E-state index contributed by atoms with van der Waals surface area (Å²) in [5.74, 6) is 3.05. The molecule has 0 aliphatic carbocycles. The molecular weight excluding hydrogens is 316 g/mol. The molecule has 0 spiro atoms. The van der Waals surface area contributed by atoms with Crippen LogP contribution in [0.2, 0.25) is 0 Å². The summed E-state index contributed by atoms with van der Waals surface area (Å²) in [4.78, 5) is 17.3. The van der Waals surface area contributed by atoms with Crippen LogP contribution in [0.3, 0.4) is 0 Å². The minimum absolute atomic E-state index is 0.360. The second kappa shape index (κ2) is 7.12. The van der Waals surface area contributed by atoms with Crippen molar-refractivity contribution in [2.45, 2.75) is 64.6 Å². The summed E-state index contributed by atoms with van der Waals surface area (Å²) in [6.07, 6.45) is 4.97. The molecule has 3 fully saturated rings. The molecule has 138 valence electrons. The van der Waals surface area contributed by atoms with Gasteiger partial charge in [-0.2, -0.15) is 0 Å². The average Bonchev–Trinajstić information content (AvgIpc) is 3.15. The van der Waals surface area contributed by atoms with Crippen molar-refractivity contribution in [3.05, 3.63) is 23.2 Å². The molecule has 1 amide bonds. The molecule has 3 saturated heterocycles. The molecular formula is C20H30N2O3. The van der Waals surface area contributed by atoms with E-state index in [-0.39, 0.29) is 0 Å². The van der Waals surface area contributed by atoms with Crippen LogP contribution in [-0.2, 0) is 16.1 Å². The molecule has 3 aliphatic heterocycles. The maximum Gasteiger partial charge on any atom is 0.222 e.